The van der Waals surface area contributed by atoms with Gasteiger partial charge in [-0.2, -0.15) is 0 Å². The highest BCUT2D eigenvalue weighted by atomic mass is 16.5. The second-order valence-corrected chi connectivity index (χ2v) is 3.37. The summed E-state index contributed by atoms with van der Waals surface area (Å²) in [6.07, 6.45) is 4.51. The van der Waals surface area contributed by atoms with Gasteiger partial charge in [0.1, 0.15) is 6.61 Å². The standard InChI is InChI=1S/C14H16O4/c1-4-9-18-14(15)8-6-11-5-7-12(16-2)13(10-11)17-3/h4-8,10H,1,9H2,2-3H3/b8-6+. The van der Waals surface area contributed by atoms with E-state index in [9.17, 15) is 4.79 Å². The number of hydrogen-bond donors (Lipinski definition) is 0. The van der Waals surface area contributed by atoms with Crippen LogP contribution in [0.25, 0.3) is 6.08 Å². The van der Waals surface area contributed by atoms with Crippen molar-refractivity contribution in [3.63, 3.8) is 0 Å². The van der Waals surface area contributed by atoms with E-state index in [0.717, 1.165) is 5.56 Å². The Balaban J connectivity index is 2.75. The molecule has 0 spiro atoms. The molecule has 1 aromatic carbocycles. The molecule has 4 nitrogen and oxygen atoms in total. The summed E-state index contributed by atoms with van der Waals surface area (Å²) < 4.78 is 15.1. The van der Waals surface area contributed by atoms with Gasteiger partial charge in [0.15, 0.2) is 11.5 Å². The maximum Gasteiger partial charge on any atom is 0.331 e. The number of hydrogen-bond acceptors (Lipinski definition) is 4. The van der Waals surface area contributed by atoms with Crippen molar-refractivity contribution in [1.82, 2.24) is 0 Å². The summed E-state index contributed by atoms with van der Waals surface area (Å²) in [6.45, 7) is 3.66. The smallest absolute Gasteiger partial charge is 0.331 e. The number of carbonyl (C=O) groups excluding carboxylic acids is 1. The second-order valence-electron chi connectivity index (χ2n) is 3.37. The number of methoxy groups -OCH3 is 2. The molecule has 0 fully saturated rings. The van der Waals surface area contributed by atoms with Crippen molar-refractivity contribution in [2.24, 2.45) is 0 Å². The molecule has 1 rings (SSSR count). The van der Waals surface area contributed by atoms with E-state index in [1.54, 1.807) is 32.4 Å². The molecule has 0 saturated carbocycles. The zero-order chi connectivity index (χ0) is 13.4. The maximum atomic E-state index is 11.2. The summed E-state index contributed by atoms with van der Waals surface area (Å²) >= 11 is 0. The van der Waals surface area contributed by atoms with Gasteiger partial charge in [0.25, 0.3) is 0 Å². The van der Waals surface area contributed by atoms with Gasteiger partial charge in [-0.05, 0) is 23.8 Å². The Hall–Kier alpha value is -2.23. The van der Waals surface area contributed by atoms with E-state index >= 15 is 0 Å². The molecule has 0 radical (unpaired) electrons. The Morgan fingerprint density at radius 1 is 1.28 bits per heavy atom. The van der Waals surface area contributed by atoms with E-state index in [4.69, 9.17) is 14.2 Å². The molecule has 18 heavy (non-hydrogen) atoms. The van der Waals surface area contributed by atoms with E-state index in [1.807, 2.05) is 6.07 Å². The zero-order valence-electron chi connectivity index (χ0n) is 10.5. The minimum Gasteiger partial charge on any atom is -0.493 e. The lowest BCUT2D eigenvalue weighted by atomic mass is 10.2. The van der Waals surface area contributed by atoms with Crippen molar-refractivity contribution < 1.29 is 19.0 Å². The quantitative estimate of drug-likeness (QED) is 0.440. The van der Waals surface area contributed by atoms with Crippen LogP contribution >= 0.6 is 0 Å². The van der Waals surface area contributed by atoms with Crippen LogP contribution in [0.5, 0.6) is 11.5 Å². The fourth-order valence-corrected chi connectivity index (χ4v) is 1.31. The predicted molar refractivity (Wildman–Crippen MR) is 69.7 cm³/mol. The molecular weight excluding hydrogens is 232 g/mol. The van der Waals surface area contributed by atoms with E-state index in [-0.39, 0.29) is 6.61 Å². The number of ether oxygens (including phenoxy) is 3. The second kappa shape index (κ2) is 7.17. The van der Waals surface area contributed by atoms with Gasteiger partial charge in [-0.3, -0.25) is 0 Å². The van der Waals surface area contributed by atoms with Crippen LogP contribution in [0.4, 0.5) is 0 Å². The SMILES string of the molecule is C=CCOC(=O)/C=C/c1ccc(OC)c(OC)c1. The van der Waals surface area contributed by atoms with Gasteiger partial charge in [0.05, 0.1) is 14.2 Å². The number of esters is 1. The fourth-order valence-electron chi connectivity index (χ4n) is 1.31. The van der Waals surface area contributed by atoms with Crippen LogP contribution in [0.3, 0.4) is 0 Å². The molecule has 0 aromatic heterocycles. The fraction of sp³-hybridized carbons (Fsp3) is 0.214. The number of rotatable bonds is 6. The molecule has 0 heterocycles. The zero-order valence-corrected chi connectivity index (χ0v) is 10.5. The lowest BCUT2D eigenvalue weighted by Crippen LogP contribution is -1.99. The average molecular weight is 248 g/mol. The number of carbonyl (C=O) groups is 1. The Morgan fingerprint density at radius 2 is 2.00 bits per heavy atom. The van der Waals surface area contributed by atoms with E-state index < -0.39 is 5.97 Å². The van der Waals surface area contributed by atoms with Gasteiger partial charge in [-0.1, -0.05) is 18.7 Å². The lowest BCUT2D eigenvalue weighted by molar-refractivity contribution is -0.136. The number of benzene rings is 1. The van der Waals surface area contributed by atoms with Crippen molar-refractivity contribution in [1.29, 1.82) is 0 Å². The maximum absolute atomic E-state index is 11.2. The minimum absolute atomic E-state index is 0.203. The Labute approximate surface area is 106 Å². The third-order valence-corrected chi connectivity index (χ3v) is 2.16. The molecule has 0 unspecified atom stereocenters. The molecule has 0 bridgehead atoms. The molecule has 1 aromatic rings. The van der Waals surface area contributed by atoms with Gasteiger partial charge in [0.2, 0.25) is 0 Å². The van der Waals surface area contributed by atoms with E-state index in [2.05, 4.69) is 6.58 Å². The van der Waals surface area contributed by atoms with Crippen LogP contribution in [0, 0.1) is 0 Å². The first-order chi connectivity index (χ1) is 8.71. The summed E-state index contributed by atoms with van der Waals surface area (Å²) in [6, 6.07) is 5.36. The average Bonchev–Trinajstić information content (AvgIpc) is 2.42. The molecule has 0 saturated heterocycles. The summed E-state index contributed by atoms with van der Waals surface area (Å²) in [5, 5.41) is 0. The van der Waals surface area contributed by atoms with Gasteiger partial charge >= 0.3 is 5.97 Å². The topological polar surface area (TPSA) is 44.8 Å². The molecule has 0 N–H and O–H groups in total. The largest absolute Gasteiger partial charge is 0.493 e. The van der Waals surface area contributed by atoms with Gasteiger partial charge in [0, 0.05) is 6.08 Å². The minimum atomic E-state index is -0.412. The van der Waals surface area contributed by atoms with Crippen LogP contribution < -0.4 is 9.47 Å². The highest BCUT2D eigenvalue weighted by Gasteiger charge is 2.03. The highest BCUT2D eigenvalue weighted by molar-refractivity contribution is 5.87. The van der Waals surface area contributed by atoms with Crippen molar-refractivity contribution in [2.75, 3.05) is 20.8 Å². The molecule has 0 aliphatic rings. The molecule has 0 aliphatic heterocycles. The Morgan fingerprint density at radius 3 is 2.61 bits per heavy atom. The molecule has 4 heteroatoms. The van der Waals surface area contributed by atoms with Crippen molar-refractivity contribution in [3.8, 4) is 11.5 Å². The van der Waals surface area contributed by atoms with Crippen LogP contribution in [-0.2, 0) is 9.53 Å². The summed E-state index contributed by atoms with van der Waals surface area (Å²) in [7, 11) is 3.13. The first-order valence-corrected chi connectivity index (χ1v) is 5.39. The van der Waals surface area contributed by atoms with Crippen molar-refractivity contribution >= 4 is 12.0 Å². The van der Waals surface area contributed by atoms with Crippen molar-refractivity contribution in [3.05, 3.63) is 42.5 Å². The first kappa shape index (κ1) is 13.8. The molecule has 96 valence electrons. The predicted octanol–water partition coefficient (Wildman–Crippen LogP) is 2.45. The van der Waals surface area contributed by atoms with Crippen molar-refractivity contribution in [2.45, 2.75) is 0 Å². The Bertz CT molecular complexity index is 449. The Kier molecular flexibility index (Phi) is 5.51. The lowest BCUT2D eigenvalue weighted by Gasteiger charge is -2.07. The summed E-state index contributed by atoms with van der Waals surface area (Å²) in [4.78, 5) is 11.2. The molecule has 0 atom stereocenters. The van der Waals surface area contributed by atoms with Crippen LogP contribution in [0.15, 0.2) is 36.9 Å². The summed E-state index contributed by atoms with van der Waals surface area (Å²) in [5.41, 5.74) is 0.822. The van der Waals surface area contributed by atoms with Crippen LogP contribution in [0.1, 0.15) is 5.56 Å². The monoisotopic (exact) mass is 248 g/mol. The van der Waals surface area contributed by atoms with E-state index in [1.165, 1.54) is 12.2 Å². The molecular formula is C14H16O4. The highest BCUT2D eigenvalue weighted by Crippen LogP contribution is 2.27. The third-order valence-electron chi connectivity index (χ3n) is 2.16. The normalized spacial score (nSPS) is 10.1. The van der Waals surface area contributed by atoms with Gasteiger partial charge in [-0.25, -0.2) is 4.79 Å². The van der Waals surface area contributed by atoms with Crippen LogP contribution in [-0.4, -0.2) is 26.8 Å². The van der Waals surface area contributed by atoms with Gasteiger partial charge < -0.3 is 14.2 Å². The first-order valence-electron chi connectivity index (χ1n) is 5.39. The summed E-state index contributed by atoms with van der Waals surface area (Å²) in [5.74, 6) is 0.840. The van der Waals surface area contributed by atoms with Crippen LogP contribution in [0.2, 0.25) is 0 Å². The third kappa shape index (κ3) is 3.97. The molecule has 0 amide bonds. The van der Waals surface area contributed by atoms with E-state index in [0.29, 0.717) is 11.5 Å². The molecule has 0 aliphatic carbocycles. The van der Waals surface area contributed by atoms with Gasteiger partial charge in [-0.15, -0.1) is 0 Å².